The van der Waals surface area contributed by atoms with Gasteiger partial charge >= 0.3 is 0 Å². The van der Waals surface area contributed by atoms with Gasteiger partial charge in [0.15, 0.2) is 5.17 Å². The average Bonchev–Trinajstić information content (AvgIpc) is 3.21. The van der Waals surface area contributed by atoms with Gasteiger partial charge in [-0.3, -0.25) is 14.5 Å². The zero-order valence-electron chi connectivity index (χ0n) is 15.0. The van der Waals surface area contributed by atoms with Gasteiger partial charge in [-0.15, -0.1) is 15.7 Å². The second-order valence-electron chi connectivity index (χ2n) is 5.86. The number of carbonyl (C=O) groups excluding carboxylic acids is 2. The summed E-state index contributed by atoms with van der Waals surface area (Å²) in [5.41, 5.74) is 0.394. The van der Waals surface area contributed by atoms with Gasteiger partial charge in [0.2, 0.25) is 11.8 Å². The monoisotopic (exact) mass is 475 g/mol. The first-order valence-electron chi connectivity index (χ1n) is 8.33. The third kappa shape index (κ3) is 5.16. The van der Waals surface area contributed by atoms with Crippen LogP contribution in [0.4, 0.5) is 10.1 Å². The molecule has 0 saturated carbocycles. The Morgan fingerprint density at radius 2 is 1.97 bits per heavy atom. The topological polar surface area (TPSA) is 95.9 Å². The summed E-state index contributed by atoms with van der Waals surface area (Å²) in [5, 5.41) is 1.79. The van der Waals surface area contributed by atoms with Crippen LogP contribution in [0.15, 0.2) is 45.0 Å². The first-order chi connectivity index (χ1) is 13.7. The lowest BCUT2D eigenvalue weighted by atomic mass is 10.2. The lowest BCUT2D eigenvalue weighted by Gasteiger charge is -2.13. The van der Waals surface area contributed by atoms with E-state index in [9.17, 15) is 22.4 Å². The fourth-order valence-electron chi connectivity index (χ4n) is 2.50. The average molecular weight is 476 g/mol. The zero-order valence-corrected chi connectivity index (χ0v) is 18.2. The van der Waals surface area contributed by atoms with Gasteiger partial charge in [-0.05, 0) is 43.3 Å². The van der Waals surface area contributed by atoms with Gasteiger partial charge in [-0.25, -0.2) is 4.39 Å². The Kier molecular flexibility index (Phi) is 6.62. The summed E-state index contributed by atoms with van der Waals surface area (Å²) < 4.78 is 41.9. The fraction of sp³-hybridized carbons (Fsp3) is 0.235. The third-order valence-electron chi connectivity index (χ3n) is 3.84. The van der Waals surface area contributed by atoms with E-state index in [1.165, 1.54) is 41.3 Å². The Morgan fingerprint density at radius 3 is 2.55 bits per heavy atom. The largest absolute Gasteiger partial charge is 0.326 e. The Bertz CT molecular complexity index is 1070. The van der Waals surface area contributed by atoms with Crippen LogP contribution in [0.2, 0.25) is 4.34 Å². The molecule has 1 fully saturated rings. The highest BCUT2D eigenvalue weighted by Crippen LogP contribution is 2.33. The summed E-state index contributed by atoms with van der Waals surface area (Å²) in [4.78, 5) is 26.1. The molecule has 1 aromatic carbocycles. The minimum absolute atomic E-state index is 0.0154. The summed E-state index contributed by atoms with van der Waals surface area (Å²) in [6.07, 6.45) is -0.179. The number of nitrogens with zero attached hydrogens (tertiary/aromatic N) is 2. The van der Waals surface area contributed by atoms with Crippen LogP contribution < -0.4 is 5.32 Å². The van der Waals surface area contributed by atoms with Crippen molar-refractivity contribution in [2.24, 2.45) is 4.40 Å². The molecule has 7 nitrogen and oxygen atoms in total. The maximum atomic E-state index is 13.0. The summed E-state index contributed by atoms with van der Waals surface area (Å²) in [6.45, 7) is 1.89. The van der Waals surface area contributed by atoms with Gasteiger partial charge in [0, 0.05) is 18.7 Å². The summed E-state index contributed by atoms with van der Waals surface area (Å²) in [7, 11) is -4.02. The number of sulfonamides is 1. The van der Waals surface area contributed by atoms with Crippen molar-refractivity contribution in [3.8, 4) is 0 Å². The number of amidine groups is 1. The first kappa shape index (κ1) is 21.8. The predicted octanol–water partition coefficient (Wildman–Crippen LogP) is 3.58. The molecule has 0 aliphatic carbocycles. The highest BCUT2D eigenvalue weighted by molar-refractivity contribution is 8.16. The Hall–Kier alpha value is -1.95. The number of carbonyl (C=O) groups is 2. The summed E-state index contributed by atoms with van der Waals surface area (Å²) >= 11 is 7.58. The molecule has 0 radical (unpaired) electrons. The van der Waals surface area contributed by atoms with E-state index < -0.39 is 32.9 Å². The summed E-state index contributed by atoms with van der Waals surface area (Å²) in [6, 6.07) is 8.01. The fourth-order valence-corrected chi connectivity index (χ4v) is 6.38. The number of halogens is 2. The van der Waals surface area contributed by atoms with E-state index in [2.05, 4.69) is 9.71 Å². The number of hydrogen-bond acceptors (Lipinski definition) is 6. The van der Waals surface area contributed by atoms with Crippen LogP contribution in [0, 0.1) is 5.82 Å². The summed E-state index contributed by atoms with van der Waals surface area (Å²) in [5.74, 6) is -1.28. The van der Waals surface area contributed by atoms with Crippen molar-refractivity contribution in [3.05, 3.63) is 46.6 Å². The third-order valence-corrected chi connectivity index (χ3v) is 8.09. The van der Waals surface area contributed by atoms with E-state index in [0.29, 0.717) is 10.0 Å². The number of benzene rings is 1. The van der Waals surface area contributed by atoms with Crippen molar-refractivity contribution in [1.29, 1.82) is 0 Å². The second-order valence-corrected chi connectivity index (χ2v) is 10.6. The van der Waals surface area contributed by atoms with E-state index in [-0.39, 0.29) is 22.3 Å². The molecule has 1 aliphatic rings. The molecule has 0 spiro atoms. The molecule has 2 aromatic rings. The molecule has 1 saturated heterocycles. The number of nitrogens with one attached hydrogen (secondary N) is 1. The van der Waals surface area contributed by atoms with Crippen molar-refractivity contribution in [3.63, 3.8) is 0 Å². The van der Waals surface area contributed by atoms with Crippen molar-refractivity contribution >= 4 is 67.4 Å². The Labute approximate surface area is 180 Å². The molecule has 1 unspecified atom stereocenters. The van der Waals surface area contributed by atoms with Gasteiger partial charge in [0.25, 0.3) is 10.0 Å². The molecular weight excluding hydrogens is 461 g/mol. The molecule has 154 valence electrons. The van der Waals surface area contributed by atoms with Crippen LogP contribution in [-0.4, -0.2) is 42.1 Å². The number of hydrogen-bond donors (Lipinski definition) is 1. The van der Waals surface area contributed by atoms with E-state index in [0.717, 1.165) is 23.1 Å². The Morgan fingerprint density at radius 1 is 1.28 bits per heavy atom. The molecular formula is C17H15ClFN3O4S3. The molecule has 2 heterocycles. The smallest absolute Gasteiger partial charge is 0.294 e. The highest BCUT2D eigenvalue weighted by atomic mass is 35.5. The van der Waals surface area contributed by atoms with E-state index >= 15 is 0 Å². The molecule has 1 aliphatic heterocycles. The molecule has 1 atom stereocenters. The van der Waals surface area contributed by atoms with Crippen LogP contribution >= 0.6 is 34.7 Å². The van der Waals surface area contributed by atoms with Gasteiger partial charge in [0.05, 0.1) is 4.34 Å². The van der Waals surface area contributed by atoms with Crippen LogP contribution in [0.5, 0.6) is 0 Å². The minimum Gasteiger partial charge on any atom is -0.326 e. The number of amides is 2. The minimum atomic E-state index is -4.02. The van der Waals surface area contributed by atoms with E-state index in [1.54, 1.807) is 6.92 Å². The Balaban J connectivity index is 1.74. The molecule has 3 rings (SSSR count). The number of rotatable bonds is 6. The van der Waals surface area contributed by atoms with Crippen LogP contribution in [0.1, 0.15) is 13.3 Å². The number of anilines is 1. The SMILES string of the molecule is CCN1C(=O)C(CC(=O)Nc2ccc(F)cc2)S/C1=N/S(=O)(=O)c1ccc(Cl)s1. The van der Waals surface area contributed by atoms with Crippen LogP contribution in [-0.2, 0) is 19.6 Å². The van der Waals surface area contributed by atoms with E-state index in [4.69, 9.17) is 11.6 Å². The second kappa shape index (κ2) is 8.82. The zero-order chi connectivity index (χ0) is 21.2. The molecule has 2 amide bonds. The molecule has 12 heteroatoms. The maximum absolute atomic E-state index is 13.0. The maximum Gasteiger partial charge on any atom is 0.294 e. The lowest BCUT2D eigenvalue weighted by Crippen LogP contribution is -2.33. The number of thioether (sulfide) groups is 1. The molecule has 0 bridgehead atoms. The molecule has 1 N–H and O–H groups in total. The van der Waals surface area contributed by atoms with Gasteiger partial charge in [-0.2, -0.15) is 8.42 Å². The number of thiophene rings is 1. The van der Waals surface area contributed by atoms with Crippen molar-refractivity contribution in [2.75, 3.05) is 11.9 Å². The quantitative estimate of drug-likeness (QED) is 0.688. The molecule has 1 aromatic heterocycles. The van der Waals surface area contributed by atoms with Crippen molar-refractivity contribution in [2.45, 2.75) is 22.8 Å². The predicted molar refractivity (Wildman–Crippen MR) is 112 cm³/mol. The lowest BCUT2D eigenvalue weighted by molar-refractivity contribution is -0.128. The van der Waals surface area contributed by atoms with Gasteiger partial charge < -0.3 is 5.32 Å². The highest BCUT2D eigenvalue weighted by Gasteiger charge is 2.39. The van der Waals surface area contributed by atoms with Crippen molar-refractivity contribution in [1.82, 2.24) is 4.90 Å². The van der Waals surface area contributed by atoms with Crippen LogP contribution in [0.25, 0.3) is 0 Å². The normalized spacial score (nSPS) is 18.4. The van der Waals surface area contributed by atoms with Crippen molar-refractivity contribution < 1.29 is 22.4 Å². The standard InChI is InChI=1S/C17H15ClFN3O4S3/c1-2-22-16(24)12(9-14(23)20-11-5-3-10(19)4-6-11)27-17(22)21-29(25,26)15-8-7-13(18)28-15/h3-8,12H,2,9H2,1H3,(H,20,23)/b21-17+. The van der Waals surface area contributed by atoms with Gasteiger partial charge in [0.1, 0.15) is 15.3 Å². The van der Waals surface area contributed by atoms with Gasteiger partial charge in [-0.1, -0.05) is 23.4 Å². The van der Waals surface area contributed by atoms with Crippen LogP contribution in [0.3, 0.4) is 0 Å². The van der Waals surface area contributed by atoms with E-state index in [1.807, 2.05) is 0 Å². The first-order valence-corrected chi connectivity index (χ1v) is 11.8. The molecule has 29 heavy (non-hydrogen) atoms.